The van der Waals surface area contributed by atoms with E-state index in [4.69, 9.17) is 14.7 Å². The molecule has 0 aliphatic rings. The molecule has 1 aromatic rings. The maximum atomic E-state index is 11.8. The van der Waals surface area contributed by atoms with E-state index in [1.54, 1.807) is 26.0 Å². The standard InChI is InChI=1S/C16H18BrNO3/c1-4-7-20-15-6-5-14(17)9-12(15)8-13(10-18)16(19)21-11(2)3/h5-6,8-9,11H,4,7H2,1-3H3/b13-8+. The first-order chi connectivity index (χ1) is 9.97. The van der Waals surface area contributed by atoms with Crippen LogP contribution in [0.4, 0.5) is 0 Å². The topological polar surface area (TPSA) is 59.3 Å². The molecule has 1 rings (SSSR count). The lowest BCUT2D eigenvalue weighted by Crippen LogP contribution is -2.12. The zero-order chi connectivity index (χ0) is 15.8. The van der Waals surface area contributed by atoms with Crippen LogP contribution in [0.5, 0.6) is 5.75 Å². The average molecular weight is 352 g/mol. The van der Waals surface area contributed by atoms with E-state index in [0.717, 1.165) is 10.9 Å². The molecular formula is C16H18BrNO3. The number of hydrogen-bond donors (Lipinski definition) is 0. The van der Waals surface area contributed by atoms with Crippen molar-refractivity contribution in [2.24, 2.45) is 0 Å². The number of ether oxygens (including phenoxy) is 2. The Balaban J connectivity index is 3.12. The maximum Gasteiger partial charge on any atom is 0.349 e. The van der Waals surface area contributed by atoms with Gasteiger partial charge in [-0.15, -0.1) is 0 Å². The van der Waals surface area contributed by atoms with E-state index in [1.165, 1.54) is 6.08 Å². The van der Waals surface area contributed by atoms with E-state index in [9.17, 15) is 4.79 Å². The van der Waals surface area contributed by atoms with Crippen molar-refractivity contribution in [1.29, 1.82) is 5.26 Å². The normalized spacial score (nSPS) is 11.1. The molecule has 0 unspecified atom stereocenters. The number of halogens is 1. The Morgan fingerprint density at radius 3 is 2.76 bits per heavy atom. The van der Waals surface area contributed by atoms with Gasteiger partial charge >= 0.3 is 5.97 Å². The summed E-state index contributed by atoms with van der Waals surface area (Å²) in [5.41, 5.74) is 0.609. The maximum absolute atomic E-state index is 11.8. The van der Waals surface area contributed by atoms with Crippen LogP contribution < -0.4 is 4.74 Å². The number of nitrogens with zero attached hydrogens (tertiary/aromatic N) is 1. The molecule has 0 saturated carbocycles. The molecule has 0 aliphatic heterocycles. The van der Waals surface area contributed by atoms with Crippen LogP contribution in [0.25, 0.3) is 6.08 Å². The molecule has 0 saturated heterocycles. The van der Waals surface area contributed by atoms with Gasteiger partial charge in [0.1, 0.15) is 17.4 Å². The van der Waals surface area contributed by atoms with E-state index in [2.05, 4.69) is 15.9 Å². The molecule has 1 aromatic carbocycles. The molecule has 5 heteroatoms. The minimum atomic E-state index is -0.631. The van der Waals surface area contributed by atoms with E-state index in [1.807, 2.05) is 19.1 Å². The monoisotopic (exact) mass is 351 g/mol. The highest BCUT2D eigenvalue weighted by Crippen LogP contribution is 2.26. The van der Waals surface area contributed by atoms with Crippen LogP contribution in [-0.2, 0) is 9.53 Å². The van der Waals surface area contributed by atoms with Gasteiger partial charge < -0.3 is 9.47 Å². The van der Waals surface area contributed by atoms with Crippen molar-refractivity contribution >= 4 is 28.0 Å². The van der Waals surface area contributed by atoms with Crippen LogP contribution in [0.3, 0.4) is 0 Å². The van der Waals surface area contributed by atoms with Crippen molar-refractivity contribution in [3.05, 3.63) is 33.8 Å². The Morgan fingerprint density at radius 1 is 1.48 bits per heavy atom. The van der Waals surface area contributed by atoms with E-state index in [0.29, 0.717) is 17.9 Å². The third-order valence-electron chi connectivity index (χ3n) is 2.42. The number of rotatable bonds is 6. The first kappa shape index (κ1) is 17.3. The van der Waals surface area contributed by atoms with Crippen molar-refractivity contribution in [2.45, 2.75) is 33.3 Å². The number of carbonyl (C=O) groups excluding carboxylic acids is 1. The molecule has 112 valence electrons. The second-order valence-electron chi connectivity index (χ2n) is 4.65. The van der Waals surface area contributed by atoms with Crippen molar-refractivity contribution in [1.82, 2.24) is 0 Å². The Bertz CT molecular complexity index is 573. The summed E-state index contributed by atoms with van der Waals surface area (Å²) in [6.45, 7) is 6.06. The second kappa shape index (κ2) is 8.48. The summed E-state index contributed by atoms with van der Waals surface area (Å²) in [6.07, 6.45) is 2.09. The Kier molecular flexibility index (Phi) is 6.97. The summed E-state index contributed by atoms with van der Waals surface area (Å²) in [5, 5.41) is 9.14. The Labute approximate surface area is 133 Å². The fourth-order valence-electron chi connectivity index (χ4n) is 1.55. The molecule has 0 radical (unpaired) electrons. The van der Waals surface area contributed by atoms with Crippen molar-refractivity contribution in [2.75, 3.05) is 6.61 Å². The van der Waals surface area contributed by atoms with Crippen molar-refractivity contribution in [3.63, 3.8) is 0 Å². The van der Waals surface area contributed by atoms with Gasteiger partial charge in [-0.05, 0) is 44.5 Å². The van der Waals surface area contributed by atoms with Crippen LogP contribution in [0.1, 0.15) is 32.8 Å². The lowest BCUT2D eigenvalue weighted by atomic mass is 10.1. The lowest BCUT2D eigenvalue weighted by Gasteiger charge is -2.10. The van der Waals surface area contributed by atoms with Gasteiger partial charge in [0.2, 0.25) is 0 Å². The molecule has 0 spiro atoms. The average Bonchev–Trinajstić information content (AvgIpc) is 2.42. The van der Waals surface area contributed by atoms with Gasteiger partial charge in [0, 0.05) is 10.0 Å². The molecule has 0 aliphatic carbocycles. The van der Waals surface area contributed by atoms with Gasteiger partial charge in [-0.1, -0.05) is 22.9 Å². The van der Waals surface area contributed by atoms with Gasteiger partial charge in [-0.2, -0.15) is 5.26 Å². The molecular weight excluding hydrogens is 334 g/mol. The number of hydrogen-bond acceptors (Lipinski definition) is 4. The summed E-state index contributed by atoms with van der Waals surface area (Å²) >= 11 is 3.37. The minimum Gasteiger partial charge on any atom is -0.493 e. The van der Waals surface area contributed by atoms with Gasteiger partial charge in [0.25, 0.3) is 0 Å². The predicted molar refractivity (Wildman–Crippen MR) is 84.7 cm³/mol. The smallest absolute Gasteiger partial charge is 0.349 e. The lowest BCUT2D eigenvalue weighted by molar-refractivity contribution is -0.142. The summed E-state index contributed by atoms with van der Waals surface area (Å²) in [4.78, 5) is 11.8. The molecule has 0 aromatic heterocycles. The molecule has 0 N–H and O–H groups in total. The second-order valence-corrected chi connectivity index (χ2v) is 5.57. The number of benzene rings is 1. The minimum absolute atomic E-state index is 0.0526. The molecule has 0 bridgehead atoms. The first-order valence-corrected chi connectivity index (χ1v) is 7.52. The van der Waals surface area contributed by atoms with E-state index >= 15 is 0 Å². The zero-order valence-corrected chi connectivity index (χ0v) is 13.9. The molecule has 0 atom stereocenters. The van der Waals surface area contributed by atoms with E-state index < -0.39 is 5.97 Å². The predicted octanol–water partition coefficient (Wildman–Crippen LogP) is 4.10. The summed E-state index contributed by atoms with van der Waals surface area (Å²) < 4.78 is 11.5. The fourth-order valence-corrected chi connectivity index (χ4v) is 1.92. The summed E-state index contributed by atoms with van der Waals surface area (Å²) in [6, 6.07) is 7.32. The third-order valence-corrected chi connectivity index (χ3v) is 2.91. The SMILES string of the molecule is CCCOc1ccc(Br)cc1/C=C(\C#N)C(=O)OC(C)C. The Morgan fingerprint density at radius 2 is 2.19 bits per heavy atom. The zero-order valence-electron chi connectivity index (χ0n) is 12.4. The van der Waals surface area contributed by atoms with Crippen LogP contribution in [0.2, 0.25) is 0 Å². The first-order valence-electron chi connectivity index (χ1n) is 6.73. The molecule has 4 nitrogen and oxygen atoms in total. The van der Waals surface area contributed by atoms with Gasteiger partial charge in [0.05, 0.1) is 12.7 Å². The fraction of sp³-hybridized carbons (Fsp3) is 0.375. The highest BCUT2D eigenvalue weighted by atomic mass is 79.9. The van der Waals surface area contributed by atoms with Crippen molar-refractivity contribution < 1.29 is 14.3 Å². The Hall–Kier alpha value is -1.80. The van der Waals surface area contributed by atoms with Crippen LogP contribution in [0.15, 0.2) is 28.2 Å². The van der Waals surface area contributed by atoms with Crippen LogP contribution in [0, 0.1) is 11.3 Å². The number of carbonyl (C=O) groups is 1. The highest BCUT2D eigenvalue weighted by molar-refractivity contribution is 9.10. The summed E-state index contributed by atoms with van der Waals surface area (Å²) in [5.74, 6) is -0.000867. The van der Waals surface area contributed by atoms with Gasteiger partial charge in [-0.25, -0.2) is 4.79 Å². The molecule has 21 heavy (non-hydrogen) atoms. The molecule has 0 amide bonds. The van der Waals surface area contributed by atoms with Crippen LogP contribution >= 0.6 is 15.9 Å². The number of nitriles is 1. The van der Waals surface area contributed by atoms with Gasteiger partial charge in [-0.3, -0.25) is 0 Å². The molecule has 0 fully saturated rings. The van der Waals surface area contributed by atoms with Crippen LogP contribution in [-0.4, -0.2) is 18.7 Å². The van der Waals surface area contributed by atoms with Crippen molar-refractivity contribution in [3.8, 4) is 11.8 Å². The summed E-state index contributed by atoms with van der Waals surface area (Å²) in [7, 11) is 0. The quantitative estimate of drug-likeness (QED) is 0.439. The number of esters is 1. The van der Waals surface area contributed by atoms with E-state index in [-0.39, 0.29) is 11.7 Å². The third kappa shape index (κ3) is 5.60. The largest absolute Gasteiger partial charge is 0.493 e. The highest BCUT2D eigenvalue weighted by Gasteiger charge is 2.14. The molecule has 0 heterocycles. The van der Waals surface area contributed by atoms with Gasteiger partial charge in [0.15, 0.2) is 0 Å².